The van der Waals surface area contributed by atoms with Crippen LogP contribution in [0, 0.1) is 6.92 Å². The first kappa shape index (κ1) is 25.2. The fourth-order valence-corrected chi connectivity index (χ4v) is 5.63. The molecule has 0 aliphatic heterocycles. The van der Waals surface area contributed by atoms with Crippen molar-refractivity contribution in [1.82, 2.24) is 0 Å². The van der Waals surface area contributed by atoms with Crippen LogP contribution in [0.5, 0.6) is 0 Å². The molecule has 146 valence electrons. The number of hydrogen-bond acceptors (Lipinski definition) is 2. The van der Waals surface area contributed by atoms with Gasteiger partial charge in [0.2, 0.25) is 0 Å². The second kappa shape index (κ2) is 16.4. The third-order valence-corrected chi connectivity index (χ3v) is 7.31. The van der Waals surface area contributed by atoms with Crippen LogP contribution < -0.4 is 0 Å². The molecule has 0 aliphatic rings. The molecular weight excluding hydrogens is 338 g/mol. The van der Waals surface area contributed by atoms with Crippen LogP contribution in [-0.2, 0) is 9.53 Å². The number of carbonyl (C=O) groups excluding carboxylic acids is 1. The molecule has 0 bridgehead atoms. The molecule has 0 saturated heterocycles. The monoisotopic (exact) mass is 376 g/mol. The summed E-state index contributed by atoms with van der Waals surface area (Å²) in [6, 6.07) is 7.50. The predicted octanol–water partition coefficient (Wildman–Crippen LogP) is 6.25. The third kappa shape index (κ3) is 11.0. The second-order valence-electron chi connectivity index (χ2n) is 6.76. The number of aryl methyl sites for hydroxylation is 1. The molecule has 1 aromatic rings. The van der Waals surface area contributed by atoms with Crippen molar-refractivity contribution in [2.75, 3.05) is 25.6 Å². The minimum atomic E-state index is -0.675. The topological polar surface area (TPSA) is 26.3 Å². The van der Waals surface area contributed by atoms with Gasteiger partial charge in [0.05, 0.1) is 15.0 Å². The molecule has 1 atom stereocenters. The Morgan fingerprint density at radius 1 is 1.00 bits per heavy atom. The Hall–Kier alpha value is -0.815. The van der Waals surface area contributed by atoms with Crippen molar-refractivity contribution in [2.24, 2.45) is 0 Å². The van der Waals surface area contributed by atoms with Crippen molar-refractivity contribution >= 4 is 21.7 Å². The summed E-state index contributed by atoms with van der Waals surface area (Å²) >= 11 is 0. The summed E-state index contributed by atoms with van der Waals surface area (Å²) in [5.41, 5.74) is 1.81. The van der Waals surface area contributed by atoms with E-state index in [2.05, 4.69) is 25.5 Å². The van der Waals surface area contributed by atoms with Gasteiger partial charge in [-0.3, -0.25) is 4.79 Å². The maximum atomic E-state index is 11.1. The molecule has 0 aliphatic carbocycles. The number of benzene rings is 1. The van der Waals surface area contributed by atoms with Crippen LogP contribution in [0.1, 0.15) is 76.2 Å². The largest absolute Gasteiger partial charge is 0.469 e. The Morgan fingerprint density at radius 3 is 1.85 bits per heavy atom. The summed E-state index contributed by atoms with van der Waals surface area (Å²) in [6.07, 6.45) is 13.2. The summed E-state index contributed by atoms with van der Waals surface area (Å²) in [5.74, 6) is -1.08. The quantitative estimate of drug-likeness (QED) is 0.259. The average Bonchev–Trinajstić information content (AvgIpc) is 2.67. The number of esters is 1. The molecule has 0 fully saturated rings. The fraction of sp³-hybridized carbons (Fsp3) is 0.682. The van der Waals surface area contributed by atoms with E-state index in [0.29, 0.717) is 7.92 Å². The molecule has 26 heavy (non-hydrogen) atoms. The van der Waals surface area contributed by atoms with Crippen LogP contribution in [0.15, 0.2) is 24.3 Å². The van der Waals surface area contributed by atoms with Gasteiger partial charge in [-0.2, -0.15) is 0 Å². The minimum Gasteiger partial charge on any atom is -0.469 e. The summed E-state index contributed by atoms with van der Waals surface area (Å²) in [7, 11) is 7.43. The molecule has 1 unspecified atom stereocenters. The molecule has 0 saturated carbocycles. The first-order chi connectivity index (χ1) is 12.5. The summed E-state index contributed by atoms with van der Waals surface area (Å²) < 4.78 is 4.56. The molecule has 2 nitrogen and oxygen atoms in total. The van der Waals surface area contributed by atoms with E-state index in [1.54, 1.807) is 18.5 Å². The van der Waals surface area contributed by atoms with Crippen LogP contribution in [0.2, 0.25) is 0 Å². The zero-order chi connectivity index (χ0) is 19.8. The summed E-state index contributed by atoms with van der Waals surface area (Å²) in [5, 5.41) is 0. The van der Waals surface area contributed by atoms with Gasteiger partial charge in [0.25, 0.3) is 0 Å². The van der Waals surface area contributed by atoms with Gasteiger partial charge in [-0.25, -0.2) is 0 Å². The maximum absolute atomic E-state index is 11.1. The highest BCUT2D eigenvalue weighted by atomic mass is 31.1. The molecule has 1 rings (SSSR count). The number of hydrogen-bond donors (Lipinski definition) is 0. The molecule has 0 amide bonds. The van der Waals surface area contributed by atoms with Crippen molar-refractivity contribution < 1.29 is 9.53 Å². The van der Waals surface area contributed by atoms with E-state index in [1.807, 2.05) is 31.2 Å². The van der Waals surface area contributed by atoms with E-state index in [9.17, 15) is 4.79 Å². The van der Waals surface area contributed by atoms with Crippen molar-refractivity contribution in [3.8, 4) is 0 Å². The van der Waals surface area contributed by atoms with E-state index >= 15 is 0 Å². The number of carbonyl (C=O) groups is 1. The average molecular weight is 376 g/mol. The van der Waals surface area contributed by atoms with Crippen molar-refractivity contribution in [3.05, 3.63) is 35.4 Å². The van der Waals surface area contributed by atoms with Crippen LogP contribution in [0.3, 0.4) is 0 Å². The number of ether oxygens (including phenoxy) is 1. The molecule has 2 radical (unpaired) electrons. The Labute approximate surface area is 164 Å². The standard InChI is InChI=1S/C12H27P.C10H11BO2/c1-4-7-10-13(11-8-5-2)12-9-6-3;1-7-5-3-4-6-8(7)9(11)10(12)13-2/h4-12H2,1-3H3;3-6,9H,1-2H3. The van der Waals surface area contributed by atoms with E-state index in [1.165, 1.54) is 45.6 Å². The molecule has 0 N–H and O–H groups in total. The molecular formula is C22H38BO2P. The Kier molecular flexibility index (Phi) is 15.9. The van der Waals surface area contributed by atoms with E-state index in [4.69, 9.17) is 7.85 Å². The van der Waals surface area contributed by atoms with Crippen molar-refractivity contribution in [3.63, 3.8) is 0 Å². The Morgan fingerprint density at radius 2 is 1.46 bits per heavy atom. The second-order valence-corrected chi connectivity index (χ2v) is 9.44. The van der Waals surface area contributed by atoms with Crippen LogP contribution in [-0.4, -0.2) is 39.4 Å². The van der Waals surface area contributed by atoms with Gasteiger partial charge in [-0.15, -0.1) is 7.92 Å². The lowest BCUT2D eigenvalue weighted by Crippen LogP contribution is -2.15. The van der Waals surface area contributed by atoms with Gasteiger partial charge < -0.3 is 4.74 Å². The van der Waals surface area contributed by atoms with Gasteiger partial charge >= 0.3 is 5.97 Å². The highest BCUT2D eigenvalue weighted by Gasteiger charge is 2.15. The highest BCUT2D eigenvalue weighted by Crippen LogP contribution is 2.38. The lowest BCUT2D eigenvalue weighted by atomic mass is 9.79. The summed E-state index contributed by atoms with van der Waals surface area (Å²) in [4.78, 5) is 11.1. The molecule has 0 heterocycles. The maximum Gasteiger partial charge on any atom is 0.304 e. The lowest BCUT2D eigenvalue weighted by molar-refractivity contribution is -0.140. The SMILES string of the molecule is CCCCP(CCCC)CCCC.[B]C(C(=O)OC)c1ccccc1C. The third-order valence-electron chi connectivity index (χ3n) is 4.46. The normalized spacial score (nSPS) is 11.6. The first-order valence-electron chi connectivity index (χ1n) is 10.1. The molecule has 0 aromatic heterocycles. The van der Waals surface area contributed by atoms with Gasteiger partial charge in [-0.05, 0) is 55.8 Å². The van der Waals surface area contributed by atoms with Gasteiger partial charge in [0.15, 0.2) is 0 Å². The zero-order valence-electron chi connectivity index (χ0n) is 17.6. The van der Waals surface area contributed by atoms with Crippen LogP contribution in [0.25, 0.3) is 0 Å². The first-order valence-corrected chi connectivity index (χ1v) is 12.0. The molecule has 1 aromatic carbocycles. The van der Waals surface area contributed by atoms with E-state index in [-0.39, 0.29) is 0 Å². The van der Waals surface area contributed by atoms with E-state index in [0.717, 1.165) is 11.1 Å². The Bertz CT molecular complexity index is 460. The molecule has 4 heteroatoms. The highest BCUT2D eigenvalue weighted by molar-refractivity contribution is 7.57. The van der Waals surface area contributed by atoms with Crippen LogP contribution >= 0.6 is 7.92 Å². The smallest absolute Gasteiger partial charge is 0.304 e. The summed E-state index contributed by atoms with van der Waals surface area (Å²) in [6.45, 7) is 8.85. The lowest BCUT2D eigenvalue weighted by Gasteiger charge is -2.16. The minimum absolute atomic E-state index is 0.408. The fourth-order valence-electron chi connectivity index (χ4n) is 2.67. The molecule has 0 spiro atoms. The van der Waals surface area contributed by atoms with Gasteiger partial charge in [-0.1, -0.05) is 64.3 Å². The number of methoxy groups -OCH3 is 1. The van der Waals surface area contributed by atoms with Gasteiger partial charge in [0, 0.05) is 5.82 Å². The van der Waals surface area contributed by atoms with E-state index < -0.39 is 11.8 Å². The number of rotatable bonds is 11. The van der Waals surface area contributed by atoms with Gasteiger partial charge in [0.1, 0.15) is 0 Å². The van der Waals surface area contributed by atoms with Crippen molar-refractivity contribution in [1.29, 1.82) is 0 Å². The number of unbranched alkanes of at least 4 members (excludes halogenated alkanes) is 3. The Balaban J connectivity index is 0.000000481. The van der Waals surface area contributed by atoms with Crippen LogP contribution in [0.4, 0.5) is 0 Å². The zero-order valence-corrected chi connectivity index (χ0v) is 18.5. The predicted molar refractivity (Wildman–Crippen MR) is 118 cm³/mol. The van der Waals surface area contributed by atoms with Crippen molar-refractivity contribution in [2.45, 2.75) is 72.0 Å².